The van der Waals surface area contributed by atoms with E-state index in [1.807, 2.05) is 0 Å². The Morgan fingerprint density at radius 2 is 1.38 bits per heavy atom. The number of hydrogen-bond donors (Lipinski definition) is 1. The zero-order valence-electron chi connectivity index (χ0n) is 13.0. The number of rotatable bonds is 2. The summed E-state index contributed by atoms with van der Waals surface area (Å²) in [7, 11) is 0. The molecular weight excluding hydrogens is 328 g/mol. The van der Waals surface area contributed by atoms with Crippen LogP contribution in [0.5, 0.6) is 5.75 Å². The molecule has 0 bridgehead atoms. The largest absolute Gasteiger partial charge is 0.508 e. The molecule has 0 aliphatic carbocycles. The minimum atomic E-state index is -0.135. The van der Waals surface area contributed by atoms with Crippen molar-refractivity contribution in [3.8, 4) is 5.75 Å². The molecule has 0 spiro atoms. The van der Waals surface area contributed by atoms with Gasteiger partial charge in [-0.25, -0.2) is 0 Å². The highest BCUT2D eigenvalue weighted by molar-refractivity contribution is 6.30. The number of amides is 2. The van der Waals surface area contributed by atoms with Crippen molar-refractivity contribution >= 4 is 23.4 Å². The fraction of sp³-hybridized carbons (Fsp3) is 0.222. The number of aromatic hydroxyl groups is 1. The van der Waals surface area contributed by atoms with Crippen molar-refractivity contribution in [3.63, 3.8) is 0 Å². The van der Waals surface area contributed by atoms with E-state index in [1.165, 1.54) is 12.1 Å². The molecule has 6 heteroatoms. The first-order valence-electron chi connectivity index (χ1n) is 7.68. The minimum absolute atomic E-state index is 0.0591. The quantitative estimate of drug-likeness (QED) is 0.911. The third kappa shape index (κ3) is 3.51. The molecular formula is C18H17ClN2O3. The molecule has 1 aliphatic rings. The number of benzene rings is 2. The Bertz CT molecular complexity index is 753. The van der Waals surface area contributed by atoms with E-state index < -0.39 is 0 Å². The first-order chi connectivity index (χ1) is 11.5. The van der Waals surface area contributed by atoms with Crippen LogP contribution in [-0.4, -0.2) is 52.9 Å². The normalized spacial score (nSPS) is 14.5. The molecule has 1 aliphatic heterocycles. The van der Waals surface area contributed by atoms with Crippen LogP contribution in [0.3, 0.4) is 0 Å². The number of carbonyl (C=O) groups excluding carboxylic acids is 2. The summed E-state index contributed by atoms with van der Waals surface area (Å²) in [4.78, 5) is 28.3. The Kier molecular flexibility index (Phi) is 4.71. The lowest BCUT2D eigenvalue weighted by molar-refractivity contribution is 0.0535. The second-order valence-electron chi connectivity index (χ2n) is 5.64. The SMILES string of the molecule is O=C(c1ccc(Cl)cc1)N1CCN(C(=O)c2cccc(O)c2)CC1. The molecule has 3 rings (SSSR count). The van der Waals surface area contributed by atoms with Crippen LogP contribution in [0.1, 0.15) is 20.7 Å². The van der Waals surface area contributed by atoms with Gasteiger partial charge in [0.2, 0.25) is 0 Å². The van der Waals surface area contributed by atoms with Gasteiger partial charge < -0.3 is 14.9 Å². The van der Waals surface area contributed by atoms with Crippen LogP contribution in [0.4, 0.5) is 0 Å². The summed E-state index contributed by atoms with van der Waals surface area (Å²) in [6.07, 6.45) is 0. The summed E-state index contributed by atoms with van der Waals surface area (Å²) >= 11 is 5.84. The van der Waals surface area contributed by atoms with Crippen molar-refractivity contribution in [1.82, 2.24) is 9.80 Å². The van der Waals surface area contributed by atoms with E-state index in [2.05, 4.69) is 0 Å². The standard InChI is InChI=1S/C18H17ClN2O3/c19-15-6-4-13(5-7-15)17(23)20-8-10-21(11-9-20)18(24)14-2-1-3-16(22)12-14/h1-7,12,22H,8-11H2. The molecule has 2 aromatic carbocycles. The van der Waals surface area contributed by atoms with Crippen molar-refractivity contribution in [2.24, 2.45) is 0 Å². The Hall–Kier alpha value is -2.53. The maximum atomic E-state index is 12.4. The van der Waals surface area contributed by atoms with Crippen LogP contribution >= 0.6 is 11.6 Å². The summed E-state index contributed by atoms with van der Waals surface area (Å²) in [6.45, 7) is 1.89. The highest BCUT2D eigenvalue weighted by atomic mass is 35.5. The Labute approximate surface area is 145 Å². The number of piperazine rings is 1. The van der Waals surface area contributed by atoms with Crippen molar-refractivity contribution in [3.05, 3.63) is 64.7 Å². The molecule has 0 unspecified atom stereocenters. The number of phenolic OH excluding ortho intramolecular Hbond substituents is 1. The third-order valence-electron chi connectivity index (χ3n) is 4.04. The number of phenols is 1. The smallest absolute Gasteiger partial charge is 0.254 e. The molecule has 1 N–H and O–H groups in total. The van der Waals surface area contributed by atoms with Gasteiger partial charge >= 0.3 is 0 Å². The zero-order chi connectivity index (χ0) is 17.1. The first-order valence-corrected chi connectivity index (χ1v) is 8.05. The van der Waals surface area contributed by atoms with Gasteiger partial charge in [-0.05, 0) is 42.5 Å². The van der Waals surface area contributed by atoms with Gasteiger partial charge in [-0.1, -0.05) is 17.7 Å². The summed E-state index contributed by atoms with van der Waals surface area (Å²) < 4.78 is 0. The Morgan fingerprint density at radius 1 is 0.833 bits per heavy atom. The zero-order valence-corrected chi connectivity index (χ0v) is 13.7. The van der Waals surface area contributed by atoms with Crippen molar-refractivity contribution in [2.75, 3.05) is 26.2 Å². The maximum Gasteiger partial charge on any atom is 0.254 e. The van der Waals surface area contributed by atoms with E-state index in [9.17, 15) is 14.7 Å². The maximum absolute atomic E-state index is 12.4. The summed E-state index contributed by atoms with van der Waals surface area (Å²) in [5.74, 6) is -0.127. The molecule has 0 saturated carbocycles. The van der Waals surface area contributed by atoms with Crippen LogP contribution in [0, 0.1) is 0 Å². The molecule has 0 radical (unpaired) electrons. The first kappa shape index (κ1) is 16.3. The Morgan fingerprint density at radius 3 is 1.92 bits per heavy atom. The van der Waals surface area contributed by atoms with Gasteiger partial charge in [0.05, 0.1) is 0 Å². The molecule has 1 saturated heterocycles. The fourth-order valence-electron chi connectivity index (χ4n) is 2.71. The predicted octanol–water partition coefficient (Wildman–Crippen LogP) is 2.64. The van der Waals surface area contributed by atoms with E-state index in [0.29, 0.717) is 42.3 Å². The second kappa shape index (κ2) is 6.93. The number of hydrogen-bond acceptors (Lipinski definition) is 3. The molecule has 2 amide bonds. The van der Waals surface area contributed by atoms with E-state index in [1.54, 1.807) is 46.2 Å². The van der Waals surface area contributed by atoms with Crippen LogP contribution in [-0.2, 0) is 0 Å². The number of nitrogens with zero attached hydrogens (tertiary/aromatic N) is 2. The van der Waals surface area contributed by atoms with Crippen molar-refractivity contribution in [2.45, 2.75) is 0 Å². The molecule has 1 fully saturated rings. The van der Waals surface area contributed by atoms with Gasteiger partial charge in [-0.3, -0.25) is 9.59 Å². The lowest BCUT2D eigenvalue weighted by atomic mass is 10.1. The van der Waals surface area contributed by atoms with Crippen molar-refractivity contribution < 1.29 is 14.7 Å². The van der Waals surface area contributed by atoms with E-state index in [4.69, 9.17) is 11.6 Å². The van der Waals surface area contributed by atoms with Crippen LogP contribution in [0.2, 0.25) is 5.02 Å². The molecule has 24 heavy (non-hydrogen) atoms. The molecule has 0 aromatic heterocycles. The molecule has 5 nitrogen and oxygen atoms in total. The monoisotopic (exact) mass is 344 g/mol. The molecule has 2 aromatic rings. The summed E-state index contributed by atoms with van der Waals surface area (Å²) in [6, 6.07) is 13.1. The highest BCUT2D eigenvalue weighted by Gasteiger charge is 2.25. The van der Waals surface area contributed by atoms with Gasteiger partial charge in [0.15, 0.2) is 0 Å². The van der Waals surface area contributed by atoms with Crippen LogP contribution in [0.25, 0.3) is 0 Å². The molecule has 124 valence electrons. The Balaban J connectivity index is 1.62. The van der Waals surface area contributed by atoms with Crippen LogP contribution < -0.4 is 0 Å². The summed E-state index contributed by atoms with van der Waals surface area (Å²) in [5, 5.41) is 10.1. The third-order valence-corrected chi connectivity index (χ3v) is 4.29. The minimum Gasteiger partial charge on any atom is -0.508 e. The average Bonchev–Trinajstić information content (AvgIpc) is 2.61. The topological polar surface area (TPSA) is 60.9 Å². The number of carbonyl (C=O) groups is 2. The van der Waals surface area contributed by atoms with E-state index >= 15 is 0 Å². The second-order valence-corrected chi connectivity index (χ2v) is 6.08. The van der Waals surface area contributed by atoms with Gasteiger partial charge in [-0.2, -0.15) is 0 Å². The predicted molar refractivity (Wildman–Crippen MR) is 91.4 cm³/mol. The van der Waals surface area contributed by atoms with E-state index in [0.717, 1.165) is 0 Å². The fourth-order valence-corrected chi connectivity index (χ4v) is 2.84. The van der Waals surface area contributed by atoms with Crippen molar-refractivity contribution in [1.29, 1.82) is 0 Å². The highest BCUT2D eigenvalue weighted by Crippen LogP contribution is 2.16. The van der Waals surface area contributed by atoms with Gasteiger partial charge in [0.25, 0.3) is 11.8 Å². The van der Waals surface area contributed by atoms with Gasteiger partial charge in [0, 0.05) is 42.3 Å². The van der Waals surface area contributed by atoms with Gasteiger partial charge in [0.1, 0.15) is 5.75 Å². The molecule has 1 heterocycles. The van der Waals surface area contributed by atoms with Gasteiger partial charge in [-0.15, -0.1) is 0 Å². The lowest BCUT2D eigenvalue weighted by Crippen LogP contribution is -2.50. The summed E-state index contributed by atoms with van der Waals surface area (Å²) in [5.41, 5.74) is 1.04. The molecule has 0 atom stereocenters. The number of halogens is 1. The average molecular weight is 345 g/mol. The lowest BCUT2D eigenvalue weighted by Gasteiger charge is -2.34. The van der Waals surface area contributed by atoms with E-state index in [-0.39, 0.29) is 17.6 Å². The van der Waals surface area contributed by atoms with Crippen LogP contribution in [0.15, 0.2) is 48.5 Å².